The number of rotatable bonds is 0. The van der Waals surface area contributed by atoms with Crippen molar-refractivity contribution in [1.29, 1.82) is 0 Å². The maximum atomic E-state index is 10.9. The molecule has 4 nitrogen and oxygen atoms in total. The Kier molecular flexibility index (Phi) is 1.25. The third-order valence-electron chi connectivity index (χ3n) is 2.33. The summed E-state index contributed by atoms with van der Waals surface area (Å²) in [6, 6.07) is 0. The second-order valence-electron chi connectivity index (χ2n) is 3.36. The molecule has 11 heavy (non-hydrogen) atoms. The largest absolute Gasteiger partial charge is 0.460 e. The first-order valence-electron chi connectivity index (χ1n) is 3.72. The molecule has 2 bridgehead atoms. The van der Waals surface area contributed by atoms with Crippen LogP contribution in [0.4, 0.5) is 0 Å². The van der Waals surface area contributed by atoms with E-state index in [4.69, 9.17) is 4.74 Å². The zero-order valence-electron chi connectivity index (χ0n) is 5.99. The van der Waals surface area contributed by atoms with Gasteiger partial charge >= 0.3 is 5.97 Å². The Morgan fingerprint density at radius 1 is 1.55 bits per heavy atom. The molecule has 0 aromatic heterocycles. The normalized spacial score (nSPS) is 49.1. The summed E-state index contributed by atoms with van der Waals surface area (Å²) < 4.78 is 4.81. The van der Waals surface area contributed by atoms with Gasteiger partial charge in [0.1, 0.15) is 6.10 Å². The van der Waals surface area contributed by atoms with Gasteiger partial charge in [0.2, 0.25) is 0 Å². The highest BCUT2D eigenvalue weighted by molar-refractivity contribution is 5.82. The van der Waals surface area contributed by atoms with Crippen molar-refractivity contribution in [3.8, 4) is 0 Å². The number of carbonyl (C=O) groups is 1. The SMILES string of the molecule is O=C1OC2CC(O)CC1(O)C2. The highest BCUT2D eigenvalue weighted by Crippen LogP contribution is 2.37. The third kappa shape index (κ3) is 0.937. The van der Waals surface area contributed by atoms with Crippen LogP contribution < -0.4 is 0 Å². The fourth-order valence-electron chi connectivity index (χ4n) is 1.84. The molecule has 2 fully saturated rings. The molecule has 1 aliphatic carbocycles. The quantitative estimate of drug-likeness (QED) is 0.452. The molecule has 1 saturated carbocycles. The van der Waals surface area contributed by atoms with Crippen LogP contribution in [-0.4, -0.2) is 34.0 Å². The van der Waals surface area contributed by atoms with Crippen molar-refractivity contribution in [3.63, 3.8) is 0 Å². The summed E-state index contributed by atoms with van der Waals surface area (Å²) >= 11 is 0. The highest BCUT2D eigenvalue weighted by atomic mass is 16.6. The van der Waals surface area contributed by atoms with E-state index in [0.717, 1.165) is 0 Å². The summed E-state index contributed by atoms with van der Waals surface area (Å²) in [4.78, 5) is 10.9. The van der Waals surface area contributed by atoms with E-state index in [1.54, 1.807) is 0 Å². The van der Waals surface area contributed by atoms with Crippen molar-refractivity contribution in [3.05, 3.63) is 0 Å². The Bertz CT molecular complexity index is 203. The van der Waals surface area contributed by atoms with E-state index >= 15 is 0 Å². The van der Waals surface area contributed by atoms with Crippen molar-refractivity contribution in [1.82, 2.24) is 0 Å². The van der Waals surface area contributed by atoms with Gasteiger partial charge in [-0.05, 0) is 0 Å². The summed E-state index contributed by atoms with van der Waals surface area (Å²) in [5.74, 6) is -0.570. The fraction of sp³-hybridized carbons (Fsp3) is 0.857. The van der Waals surface area contributed by atoms with Gasteiger partial charge < -0.3 is 14.9 Å². The standard InChI is InChI=1S/C7H10O4/c8-4-1-5-3-7(10,2-4)6(9)11-5/h4-5,8,10H,1-3H2. The molecule has 3 unspecified atom stereocenters. The van der Waals surface area contributed by atoms with E-state index in [9.17, 15) is 15.0 Å². The Morgan fingerprint density at radius 2 is 2.27 bits per heavy atom. The first-order chi connectivity index (χ1) is 5.10. The summed E-state index contributed by atoms with van der Waals surface area (Å²) in [6.45, 7) is 0. The van der Waals surface area contributed by atoms with Gasteiger partial charge in [0, 0.05) is 19.3 Å². The Hall–Kier alpha value is -0.610. The Morgan fingerprint density at radius 3 is 2.91 bits per heavy atom. The molecule has 1 aliphatic heterocycles. The van der Waals surface area contributed by atoms with Crippen molar-refractivity contribution in [2.75, 3.05) is 0 Å². The van der Waals surface area contributed by atoms with E-state index < -0.39 is 17.7 Å². The fourth-order valence-corrected chi connectivity index (χ4v) is 1.84. The van der Waals surface area contributed by atoms with Crippen LogP contribution in [0.15, 0.2) is 0 Å². The van der Waals surface area contributed by atoms with Crippen molar-refractivity contribution in [2.24, 2.45) is 0 Å². The molecular formula is C7H10O4. The average Bonchev–Trinajstić information content (AvgIpc) is 2.02. The van der Waals surface area contributed by atoms with Gasteiger partial charge in [-0.15, -0.1) is 0 Å². The molecule has 1 heterocycles. The van der Waals surface area contributed by atoms with E-state index in [1.807, 2.05) is 0 Å². The number of hydrogen-bond acceptors (Lipinski definition) is 4. The number of carbonyl (C=O) groups excluding carboxylic acids is 1. The van der Waals surface area contributed by atoms with Gasteiger partial charge in [-0.25, -0.2) is 4.79 Å². The molecule has 0 aromatic rings. The predicted octanol–water partition coefficient (Wildman–Crippen LogP) is -0.812. The van der Waals surface area contributed by atoms with Crippen LogP contribution in [0.5, 0.6) is 0 Å². The van der Waals surface area contributed by atoms with Crippen molar-refractivity contribution in [2.45, 2.75) is 37.1 Å². The minimum Gasteiger partial charge on any atom is -0.460 e. The number of fused-ring (bicyclic) bond motifs is 2. The van der Waals surface area contributed by atoms with Crippen LogP contribution >= 0.6 is 0 Å². The first-order valence-corrected chi connectivity index (χ1v) is 3.72. The van der Waals surface area contributed by atoms with Gasteiger partial charge in [0.05, 0.1) is 6.10 Å². The molecule has 4 heteroatoms. The lowest BCUT2D eigenvalue weighted by atomic mass is 9.84. The first kappa shape index (κ1) is 7.06. The third-order valence-corrected chi connectivity index (χ3v) is 2.33. The van der Waals surface area contributed by atoms with E-state index in [2.05, 4.69) is 0 Å². The van der Waals surface area contributed by atoms with Crippen LogP contribution in [0.3, 0.4) is 0 Å². The lowest BCUT2D eigenvalue weighted by molar-refractivity contribution is -0.154. The molecular weight excluding hydrogens is 148 g/mol. The molecule has 0 radical (unpaired) electrons. The molecule has 0 aromatic carbocycles. The van der Waals surface area contributed by atoms with Gasteiger partial charge in [0.15, 0.2) is 5.60 Å². The van der Waals surface area contributed by atoms with Crippen molar-refractivity contribution >= 4 is 5.97 Å². The molecule has 0 spiro atoms. The van der Waals surface area contributed by atoms with Crippen LogP contribution in [0.1, 0.15) is 19.3 Å². The van der Waals surface area contributed by atoms with Gasteiger partial charge in [-0.3, -0.25) is 0 Å². The number of ether oxygens (including phenoxy) is 1. The molecule has 1 saturated heterocycles. The summed E-state index contributed by atoms with van der Waals surface area (Å²) in [7, 11) is 0. The number of aliphatic hydroxyl groups excluding tert-OH is 1. The van der Waals surface area contributed by atoms with Crippen LogP contribution in [0.2, 0.25) is 0 Å². The van der Waals surface area contributed by atoms with Gasteiger partial charge in [-0.2, -0.15) is 0 Å². The lowest BCUT2D eigenvalue weighted by Gasteiger charge is -2.25. The minimum atomic E-state index is -1.39. The van der Waals surface area contributed by atoms with Gasteiger partial charge in [-0.1, -0.05) is 0 Å². The number of aliphatic hydroxyl groups is 2. The highest BCUT2D eigenvalue weighted by Gasteiger charge is 2.52. The predicted molar refractivity (Wildman–Crippen MR) is 34.7 cm³/mol. The molecule has 2 N–H and O–H groups in total. The van der Waals surface area contributed by atoms with Gasteiger partial charge in [0.25, 0.3) is 0 Å². The summed E-state index contributed by atoms with van der Waals surface area (Å²) in [5, 5.41) is 18.7. The van der Waals surface area contributed by atoms with E-state index in [0.29, 0.717) is 12.8 Å². The maximum absolute atomic E-state index is 10.9. The second kappa shape index (κ2) is 1.95. The average molecular weight is 158 g/mol. The summed E-state index contributed by atoms with van der Waals surface area (Å²) in [5.41, 5.74) is -1.39. The number of esters is 1. The zero-order valence-corrected chi connectivity index (χ0v) is 5.99. The monoisotopic (exact) mass is 158 g/mol. The maximum Gasteiger partial charge on any atom is 0.338 e. The second-order valence-corrected chi connectivity index (χ2v) is 3.36. The Labute approximate surface area is 63.8 Å². The molecule has 0 amide bonds. The van der Waals surface area contributed by atoms with E-state index in [1.165, 1.54) is 0 Å². The van der Waals surface area contributed by atoms with Crippen LogP contribution in [-0.2, 0) is 9.53 Å². The van der Waals surface area contributed by atoms with Crippen LogP contribution in [0, 0.1) is 0 Å². The molecule has 2 aliphatic rings. The Balaban J connectivity index is 2.25. The van der Waals surface area contributed by atoms with Crippen LogP contribution in [0.25, 0.3) is 0 Å². The lowest BCUT2D eigenvalue weighted by Crippen LogP contribution is -2.40. The smallest absolute Gasteiger partial charge is 0.338 e. The molecule has 2 rings (SSSR count). The zero-order chi connectivity index (χ0) is 8.06. The topological polar surface area (TPSA) is 66.8 Å². The number of hydrogen-bond donors (Lipinski definition) is 2. The van der Waals surface area contributed by atoms with E-state index in [-0.39, 0.29) is 12.5 Å². The molecule has 3 atom stereocenters. The minimum absolute atomic E-state index is 0.127. The molecule has 62 valence electrons. The summed E-state index contributed by atoms with van der Waals surface area (Å²) in [6.07, 6.45) is 0.0840. The van der Waals surface area contributed by atoms with Crippen molar-refractivity contribution < 1.29 is 19.7 Å².